The van der Waals surface area contributed by atoms with Crippen molar-refractivity contribution in [1.82, 2.24) is 19.6 Å². The molecule has 1 aliphatic rings. The second-order valence-electron chi connectivity index (χ2n) is 8.21. The van der Waals surface area contributed by atoms with Crippen LogP contribution in [0.5, 0.6) is 0 Å². The highest BCUT2D eigenvalue weighted by molar-refractivity contribution is 6.33. The van der Waals surface area contributed by atoms with Gasteiger partial charge in [-0.05, 0) is 49.2 Å². The van der Waals surface area contributed by atoms with Crippen molar-refractivity contribution >= 4 is 28.8 Å². The van der Waals surface area contributed by atoms with Crippen LogP contribution in [0.25, 0.3) is 28.2 Å². The number of carbonyl (C=O) groups excluding carboxylic acids is 1. The molecule has 174 valence electrons. The van der Waals surface area contributed by atoms with Crippen LogP contribution in [0, 0.1) is 5.92 Å². The molecular formula is C24H19ClF3N5O. The van der Waals surface area contributed by atoms with E-state index in [-0.39, 0.29) is 23.1 Å². The molecule has 10 heteroatoms. The number of hydrogen-bond donors (Lipinski definition) is 1. The van der Waals surface area contributed by atoms with Gasteiger partial charge in [0.05, 0.1) is 28.3 Å². The second-order valence-corrected chi connectivity index (χ2v) is 8.62. The summed E-state index contributed by atoms with van der Waals surface area (Å²) in [6, 6.07) is 11.0. The predicted octanol–water partition coefficient (Wildman–Crippen LogP) is 6.26. The molecule has 5 rings (SSSR count). The van der Waals surface area contributed by atoms with Crippen LogP contribution in [0.4, 0.5) is 18.9 Å². The Kier molecular flexibility index (Phi) is 5.73. The zero-order valence-electron chi connectivity index (χ0n) is 17.8. The second kappa shape index (κ2) is 8.72. The molecule has 0 radical (unpaired) electrons. The van der Waals surface area contributed by atoms with E-state index in [9.17, 15) is 18.0 Å². The van der Waals surface area contributed by atoms with Crippen molar-refractivity contribution in [2.24, 2.45) is 5.92 Å². The molecule has 34 heavy (non-hydrogen) atoms. The maximum absolute atomic E-state index is 13.4. The van der Waals surface area contributed by atoms with Gasteiger partial charge in [-0.15, -0.1) is 0 Å². The summed E-state index contributed by atoms with van der Waals surface area (Å²) < 4.78 is 41.6. The van der Waals surface area contributed by atoms with Gasteiger partial charge >= 0.3 is 6.18 Å². The lowest BCUT2D eigenvalue weighted by Crippen LogP contribution is -2.20. The topological polar surface area (TPSA) is 72.2 Å². The average Bonchev–Trinajstić information content (AvgIpc) is 3.50. The quantitative estimate of drug-likeness (QED) is 0.370. The molecule has 0 saturated heterocycles. The SMILES string of the molecule is O=C(Nc1cc(-c2cn3nc(-c4cccnc4C(F)(F)F)ccc3n2)ccc1Cl)C1CCCC1. The van der Waals surface area contributed by atoms with E-state index in [2.05, 4.69) is 20.4 Å². The summed E-state index contributed by atoms with van der Waals surface area (Å²) in [7, 11) is 0. The smallest absolute Gasteiger partial charge is 0.325 e. The van der Waals surface area contributed by atoms with Gasteiger partial charge in [0.25, 0.3) is 0 Å². The number of pyridine rings is 1. The number of alkyl halides is 3. The molecule has 0 unspecified atom stereocenters. The van der Waals surface area contributed by atoms with E-state index in [1.54, 1.807) is 30.5 Å². The molecule has 4 aromatic rings. The lowest BCUT2D eigenvalue weighted by Gasteiger charge is -2.12. The molecule has 1 aromatic carbocycles. The summed E-state index contributed by atoms with van der Waals surface area (Å²) in [5.41, 5.74) is 1.20. The van der Waals surface area contributed by atoms with E-state index < -0.39 is 11.9 Å². The van der Waals surface area contributed by atoms with Crippen LogP contribution in [0.1, 0.15) is 31.4 Å². The van der Waals surface area contributed by atoms with E-state index in [1.165, 1.54) is 22.7 Å². The largest absolute Gasteiger partial charge is 0.434 e. The van der Waals surface area contributed by atoms with Crippen LogP contribution < -0.4 is 5.32 Å². The summed E-state index contributed by atoms with van der Waals surface area (Å²) in [6.07, 6.45) is 1.96. The van der Waals surface area contributed by atoms with Crippen molar-refractivity contribution in [1.29, 1.82) is 0 Å². The fourth-order valence-electron chi connectivity index (χ4n) is 4.21. The van der Waals surface area contributed by atoms with Crippen molar-refractivity contribution in [3.63, 3.8) is 0 Å². The van der Waals surface area contributed by atoms with E-state index in [4.69, 9.17) is 11.6 Å². The van der Waals surface area contributed by atoms with Gasteiger partial charge in [-0.25, -0.2) is 9.50 Å². The lowest BCUT2D eigenvalue weighted by atomic mass is 10.1. The van der Waals surface area contributed by atoms with Crippen LogP contribution >= 0.6 is 11.6 Å². The van der Waals surface area contributed by atoms with Gasteiger partial charge in [0.15, 0.2) is 11.3 Å². The number of amides is 1. The molecule has 1 aliphatic carbocycles. The Balaban J connectivity index is 1.47. The number of fused-ring (bicyclic) bond motifs is 1. The van der Waals surface area contributed by atoms with Crippen molar-refractivity contribution in [2.45, 2.75) is 31.9 Å². The highest BCUT2D eigenvalue weighted by atomic mass is 35.5. The number of carbonyl (C=O) groups is 1. The first-order valence-corrected chi connectivity index (χ1v) is 11.2. The first kappa shape index (κ1) is 22.3. The highest BCUT2D eigenvalue weighted by Crippen LogP contribution is 2.35. The number of imidazole rings is 1. The molecule has 1 fully saturated rings. The lowest BCUT2D eigenvalue weighted by molar-refractivity contribution is -0.140. The van der Waals surface area contributed by atoms with Crippen molar-refractivity contribution in [3.05, 3.63) is 65.6 Å². The monoisotopic (exact) mass is 485 g/mol. The van der Waals surface area contributed by atoms with Gasteiger partial charge in [0.1, 0.15) is 0 Å². The summed E-state index contributed by atoms with van der Waals surface area (Å²) >= 11 is 6.30. The van der Waals surface area contributed by atoms with Gasteiger partial charge in [-0.2, -0.15) is 18.3 Å². The minimum atomic E-state index is -4.60. The molecule has 1 amide bonds. The molecule has 3 heterocycles. The van der Waals surface area contributed by atoms with Gasteiger partial charge in [-0.1, -0.05) is 30.5 Å². The van der Waals surface area contributed by atoms with Crippen LogP contribution in [-0.4, -0.2) is 25.5 Å². The molecule has 6 nitrogen and oxygen atoms in total. The summed E-state index contributed by atoms with van der Waals surface area (Å²) in [5.74, 6) is -0.0543. The summed E-state index contributed by atoms with van der Waals surface area (Å²) in [4.78, 5) is 20.6. The van der Waals surface area contributed by atoms with E-state index in [1.807, 2.05) is 0 Å². The maximum Gasteiger partial charge on any atom is 0.434 e. The summed E-state index contributed by atoms with van der Waals surface area (Å²) in [5, 5.41) is 7.65. The molecular weight excluding hydrogens is 467 g/mol. The zero-order valence-corrected chi connectivity index (χ0v) is 18.6. The van der Waals surface area contributed by atoms with Gasteiger partial charge in [0, 0.05) is 23.2 Å². The normalized spacial score (nSPS) is 14.6. The number of aromatic nitrogens is 4. The van der Waals surface area contributed by atoms with Crippen molar-refractivity contribution < 1.29 is 18.0 Å². The standard InChI is InChI=1S/C24H19ClF3N5O/c25-17-8-7-15(12-19(17)31-23(34)14-4-1-2-5-14)20-13-33-21(30-20)10-9-18(32-33)16-6-3-11-29-22(16)24(26,27)28/h3,6-14H,1-2,4-5H2,(H,31,34). The molecule has 1 N–H and O–H groups in total. The average molecular weight is 486 g/mol. The Hall–Kier alpha value is -3.46. The van der Waals surface area contributed by atoms with Crippen LogP contribution in [0.15, 0.2) is 54.9 Å². The number of nitrogens with one attached hydrogen (secondary N) is 1. The Morgan fingerprint density at radius 3 is 2.65 bits per heavy atom. The fraction of sp³-hybridized carbons (Fsp3) is 0.250. The van der Waals surface area contributed by atoms with Gasteiger partial charge in [0.2, 0.25) is 5.91 Å². The van der Waals surface area contributed by atoms with Crippen LogP contribution in [-0.2, 0) is 11.0 Å². The molecule has 0 bridgehead atoms. The number of hydrogen-bond acceptors (Lipinski definition) is 4. The molecule has 3 aromatic heterocycles. The Labute approximate surface area is 197 Å². The molecule has 0 aliphatic heterocycles. The third-order valence-electron chi connectivity index (χ3n) is 5.92. The third kappa shape index (κ3) is 4.35. The molecule has 0 atom stereocenters. The molecule has 1 saturated carbocycles. The Bertz CT molecular complexity index is 1380. The maximum atomic E-state index is 13.4. The Morgan fingerprint density at radius 2 is 1.88 bits per heavy atom. The number of halogens is 4. The van der Waals surface area contributed by atoms with Gasteiger partial charge in [-0.3, -0.25) is 9.78 Å². The Morgan fingerprint density at radius 1 is 1.09 bits per heavy atom. The minimum Gasteiger partial charge on any atom is -0.325 e. The van der Waals surface area contributed by atoms with Crippen LogP contribution in [0.3, 0.4) is 0 Å². The zero-order chi connectivity index (χ0) is 23.9. The number of benzene rings is 1. The number of anilines is 1. The fourth-order valence-corrected chi connectivity index (χ4v) is 4.37. The summed E-state index contributed by atoms with van der Waals surface area (Å²) in [6.45, 7) is 0. The van der Waals surface area contributed by atoms with E-state index >= 15 is 0 Å². The first-order chi connectivity index (χ1) is 16.3. The van der Waals surface area contributed by atoms with Crippen LogP contribution in [0.2, 0.25) is 5.02 Å². The van der Waals surface area contributed by atoms with Gasteiger partial charge < -0.3 is 5.32 Å². The number of nitrogens with zero attached hydrogens (tertiary/aromatic N) is 4. The minimum absolute atomic E-state index is 0.00777. The highest BCUT2D eigenvalue weighted by Gasteiger charge is 2.35. The van der Waals surface area contributed by atoms with Crippen molar-refractivity contribution in [2.75, 3.05) is 5.32 Å². The predicted molar refractivity (Wildman–Crippen MR) is 122 cm³/mol. The molecule has 0 spiro atoms. The van der Waals surface area contributed by atoms with Crippen molar-refractivity contribution in [3.8, 4) is 22.5 Å². The van der Waals surface area contributed by atoms with E-state index in [0.29, 0.717) is 27.6 Å². The first-order valence-electron chi connectivity index (χ1n) is 10.8. The third-order valence-corrected chi connectivity index (χ3v) is 6.25. The number of rotatable bonds is 4. The van der Waals surface area contributed by atoms with E-state index in [0.717, 1.165) is 31.9 Å².